The molecule has 4 heteroatoms. The van der Waals surface area contributed by atoms with Crippen molar-refractivity contribution in [2.24, 2.45) is 0 Å². The van der Waals surface area contributed by atoms with Crippen molar-refractivity contribution in [2.45, 2.75) is 77.8 Å². The van der Waals surface area contributed by atoms with Gasteiger partial charge in [-0.25, -0.2) is 0 Å². The van der Waals surface area contributed by atoms with Gasteiger partial charge in [0.15, 0.2) is 0 Å². The number of hydrogen-bond donors (Lipinski definition) is 1. The summed E-state index contributed by atoms with van der Waals surface area (Å²) in [6.45, 7) is 23.8. The summed E-state index contributed by atoms with van der Waals surface area (Å²) < 4.78 is 0.976. The minimum absolute atomic E-state index is 0.312. The number of pyridine rings is 1. The van der Waals surface area contributed by atoms with Crippen LogP contribution >= 0.6 is 12.2 Å². The van der Waals surface area contributed by atoms with E-state index in [1.54, 1.807) is 0 Å². The Morgan fingerprint density at radius 1 is 0.810 bits per heavy atom. The van der Waals surface area contributed by atoms with Gasteiger partial charge >= 0.3 is 0 Å². The zero-order valence-corrected chi connectivity index (χ0v) is 18.4. The van der Waals surface area contributed by atoms with Crippen molar-refractivity contribution in [1.82, 2.24) is 4.98 Å². The van der Waals surface area contributed by atoms with Crippen molar-refractivity contribution >= 4 is 38.9 Å². The smallest absolute Gasteiger partial charge is 0.106 e. The van der Waals surface area contributed by atoms with E-state index in [2.05, 4.69) is 84.8 Å². The molecule has 1 heterocycles. The molecule has 1 nitrogen and oxygen atoms in total. The quantitative estimate of drug-likeness (QED) is 0.580. The van der Waals surface area contributed by atoms with Crippen LogP contribution in [0.1, 0.15) is 41.5 Å². The maximum Gasteiger partial charge on any atom is 0.106 e. The van der Waals surface area contributed by atoms with Crippen molar-refractivity contribution in [1.29, 1.82) is 0 Å². The molecule has 1 aromatic rings. The first-order valence-electron chi connectivity index (χ1n) is 7.86. The van der Waals surface area contributed by atoms with Crippen LogP contribution in [0, 0.1) is 4.64 Å². The highest BCUT2D eigenvalue weighted by Gasteiger charge is 2.40. The Kier molecular flexibility index (Phi) is 4.90. The van der Waals surface area contributed by atoms with Crippen molar-refractivity contribution < 1.29 is 0 Å². The molecule has 0 aromatic carbocycles. The van der Waals surface area contributed by atoms with Gasteiger partial charge in [0.25, 0.3) is 0 Å². The number of rotatable bonds is 2. The lowest BCUT2D eigenvalue weighted by Crippen LogP contribution is -2.54. The molecule has 0 spiro atoms. The Morgan fingerprint density at radius 3 is 1.57 bits per heavy atom. The van der Waals surface area contributed by atoms with E-state index in [0.29, 0.717) is 10.1 Å². The summed E-state index contributed by atoms with van der Waals surface area (Å²) in [6, 6.07) is 4.65. The van der Waals surface area contributed by atoms with Crippen molar-refractivity contribution in [2.75, 3.05) is 0 Å². The summed E-state index contributed by atoms with van der Waals surface area (Å²) in [5.74, 6) is 0. The molecule has 0 aliphatic rings. The van der Waals surface area contributed by atoms with E-state index in [1.807, 2.05) is 0 Å². The molecular formula is C17H33NSSi2. The van der Waals surface area contributed by atoms with E-state index < -0.39 is 16.1 Å². The molecule has 1 aromatic heterocycles. The molecule has 1 N–H and O–H groups in total. The van der Waals surface area contributed by atoms with Crippen molar-refractivity contribution in [3.8, 4) is 0 Å². The Bertz CT molecular complexity index is 572. The average molecular weight is 340 g/mol. The standard InChI is InChI=1S/C17H33NSSi2/c1-16(2,3)20(7,8)13-11-12-14(18-15(13)19)21(9,10)17(4,5)6/h11-12H,1-10H3,(H,18,19). The predicted octanol–water partition coefficient (Wildman–Crippen LogP) is 5.18. The van der Waals surface area contributed by atoms with Gasteiger partial charge in [-0.3, -0.25) is 0 Å². The molecule has 0 saturated heterocycles. The summed E-state index contributed by atoms with van der Waals surface area (Å²) in [7, 11) is -3.12. The van der Waals surface area contributed by atoms with Crippen LogP contribution in [0.4, 0.5) is 0 Å². The van der Waals surface area contributed by atoms with Crippen LogP contribution < -0.4 is 10.5 Å². The van der Waals surface area contributed by atoms with Crippen molar-refractivity contribution in [3.63, 3.8) is 0 Å². The van der Waals surface area contributed by atoms with Crippen molar-refractivity contribution in [3.05, 3.63) is 16.8 Å². The fraction of sp³-hybridized carbons (Fsp3) is 0.706. The zero-order valence-electron chi connectivity index (χ0n) is 15.6. The number of aromatic nitrogens is 1. The van der Waals surface area contributed by atoms with Crippen LogP contribution in [0.2, 0.25) is 36.3 Å². The molecule has 21 heavy (non-hydrogen) atoms. The van der Waals surface area contributed by atoms with Gasteiger partial charge < -0.3 is 4.98 Å². The third-order valence-electron chi connectivity index (χ3n) is 6.01. The molecule has 0 atom stereocenters. The summed E-state index contributed by atoms with van der Waals surface area (Å²) in [6.07, 6.45) is 0. The third-order valence-corrected chi connectivity index (χ3v) is 17.4. The number of nitrogens with one attached hydrogen (secondary N) is 1. The van der Waals surface area contributed by atoms with E-state index in [1.165, 1.54) is 10.5 Å². The van der Waals surface area contributed by atoms with Crippen LogP contribution in [0.3, 0.4) is 0 Å². The van der Waals surface area contributed by atoms with Crippen LogP contribution in [-0.2, 0) is 0 Å². The minimum Gasteiger partial charge on any atom is -0.354 e. The maximum atomic E-state index is 5.75. The lowest BCUT2D eigenvalue weighted by atomic mass is 10.2. The second-order valence-corrected chi connectivity index (χ2v) is 20.4. The molecule has 0 aliphatic carbocycles. The first-order valence-corrected chi connectivity index (χ1v) is 14.3. The fourth-order valence-electron chi connectivity index (χ4n) is 2.14. The van der Waals surface area contributed by atoms with Crippen LogP contribution in [-0.4, -0.2) is 21.1 Å². The van der Waals surface area contributed by atoms with Crippen LogP contribution in [0.25, 0.3) is 0 Å². The Morgan fingerprint density at radius 2 is 1.24 bits per heavy atom. The average Bonchev–Trinajstić information content (AvgIpc) is 2.25. The lowest BCUT2D eigenvalue weighted by molar-refractivity contribution is 0.727. The molecular weight excluding hydrogens is 306 g/mol. The Hall–Kier alpha value is -0.196. The molecule has 1 rings (SSSR count). The van der Waals surface area contributed by atoms with Gasteiger partial charge in [0.1, 0.15) is 12.7 Å². The Labute approximate surface area is 138 Å². The highest BCUT2D eigenvalue weighted by Crippen LogP contribution is 2.36. The van der Waals surface area contributed by atoms with Crippen LogP contribution in [0.5, 0.6) is 0 Å². The van der Waals surface area contributed by atoms with Gasteiger partial charge in [-0.1, -0.05) is 86.0 Å². The highest BCUT2D eigenvalue weighted by molar-refractivity contribution is 7.71. The van der Waals surface area contributed by atoms with E-state index in [-0.39, 0.29) is 0 Å². The number of aromatic amines is 1. The van der Waals surface area contributed by atoms with Gasteiger partial charge in [-0.15, -0.1) is 0 Å². The maximum absolute atomic E-state index is 5.75. The summed E-state index contributed by atoms with van der Waals surface area (Å²) in [5, 5.41) is 3.41. The Balaban J connectivity index is 3.42. The summed E-state index contributed by atoms with van der Waals surface area (Å²) in [5.41, 5.74) is 0. The summed E-state index contributed by atoms with van der Waals surface area (Å²) in [4.78, 5) is 3.61. The first kappa shape index (κ1) is 18.9. The minimum atomic E-state index is -1.57. The number of H-pyrrole nitrogens is 1. The highest BCUT2D eigenvalue weighted by atomic mass is 32.1. The van der Waals surface area contributed by atoms with E-state index in [4.69, 9.17) is 12.2 Å². The first-order chi connectivity index (χ1) is 9.12. The molecule has 0 amide bonds. The second kappa shape index (κ2) is 5.46. The van der Waals surface area contributed by atoms with Gasteiger partial charge in [0.2, 0.25) is 0 Å². The lowest BCUT2D eigenvalue weighted by Gasteiger charge is -2.39. The molecule has 0 saturated carbocycles. The molecule has 0 bridgehead atoms. The number of hydrogen-bond acceptors (Lipinski definition) is 1. The third kappa shape index (κ3) is 3.43. The van der Waals surface area contributed by atoms with Gasteiger partial charge in [0, 0.05) is 0 Å². The van der Waals surface area contributed by atoms with Gasteiger partial charge in [0.05, 0.1) is 8.07 Å². The molecule has 0 aliphatic heterocycles. The van der Waals surface area contributed by atoms with Crippen LogP contribution in [0.15, 0.2) is 12.1 Å². The second-order valence-electron chi connectivity index (χ2n) is 9.36. The topological polar surface area (TPSA) is 15.8 Å². The normalized spacial score (nSPS) is 14.4. The SMILES string of the molecule is CC(C)(C)[Si](C)(C)c1ccc([Si](C)(C)C(C)(C)C)c(=S)[nH]1. The predicted molar refractivity (Wildman–Crippen MR) is 105 cm³/mol. The largest absolute Gasteiger partial charge is 0.354 e. The van der Waals surface area contributed by atoms with Gasteiger partial charge in [-0.2, -0.15) is 0 Å². The molecule has 0 radical (unpaired) electrons. The molecule has 120 valence electrons. The van der Waals surface area contributed by atoms with E-state index in [9.17, 15) is 0 Å². The monoisotopic (exact) mass is 339 g/mol. The fourth-order valence-corrected chi connectivity index (χ4v) is 6.86. The van der Waals surface area contributed by atoms with E-state index >= 15 is 0 Å². The van der Waals surface area contributed by atoms with E-state index in [0.717, 1.165) is 4.64 Å². The zero-order chi connectivity index (χ0) is 16.9. The summed E-state index contributed by atoms with van der Waals surface area (Å²) >= 11 is 5.75. The van der Waals surface area contributed by atoms with Gasteiger partial charge in [-0.05, 0) is 26.6 Å². The molecule has 0 fully saturated rings. The molecule has 0 unspecified atom stereocenters.